The maximum Gasteiger partial charge on any atom is 0.265 e. The van der Waals surface area contributed by atoms with Gasteiger partial charge in [-0.15, -0.1) is 0 Å². The Morgan fingerprint density at radius 2 is 1.78 bits per heavy atom. The Morgan fingerprint density at radius 1 is 1.22 bits per heavy atom. The fraction of sp³-hybridized carbons (Fsp3) is 0.500. The molecule has 1 N–H and O–H groups in total. The van der Waals surface area contributed by atoms with Crippen molar-refractivity contribution in [2.45, 2.75) is 44.6 Å². The summed E-state index contributed by atoms with van der Waals surface area (Å²) in [6, 6.07) is 3.91. The van der Waals surface area contributed by atoms with E-state index in [-0.39, 0.29) is 4.90 Å². The molecule has 0 unspecified atom stereocenters. The van der Waals surface area contributed by atoms with Crippen molar-refractivity contribution in [1.82, 2.24) is 4.72 Å². The Hall–Kier alpha value is -1.01. The molecule has 0 fully saturated rings. The van der Waals surface area contributed by atoms with E-state index in [2.05, 4.69) is 4.72 Å². The number of alkyl halides is 2. The summed E-state index contributed by atoms with van der Waals surface area (Å²) >= 11 is 0. The maximum atomic E-state index is 12.9. The van der Waals surface area contributed by atoms with Crippen molar-refractivity contribution in [1.29, 1.82) is 0 Å². The molecule has 18 heavy (non-hydrogen) atoms. The van der Waals surface area contributed by atoms with Crippen LogP contribution in [0.4, 0.5) is 8.78 Å². The van der Waals surface area contributed by atoms with Crippen LogP contribution in [0.5, 0.6) is 0 Å². The summed E-state index contributed by atoms with van der Waals surface area (Å²) in [7, 11) is -3.94. The van der Waals surface area contributed by atoms with E-state index in [9.17, 15) is 17.2 Å². The first kappa shape index (κ1) is 15.0. The van der Waals surface area contributed by atoms with Crippen molar-refractivity contribution in [2.24, 2.45) is 0 Å². The molecule has 1 rings (SSSR count). The number of aryl methyl sites for hydroxylation is 1. The van der Waals surface area contributed by atoms with E-state index < -0.39 is 27.6 Å². The van der Waals surface area contributed by atoms with Crippen molar-refractivity contribution in [3.8, 4) is 0 Å². The Balaban J connectivity index is 3.33. The second-order valence-corrected chi connectivity index (χ2v) is 6.85. The van der Waals surface area contributed by atoms with Gasteiger partial charge in [-0.1, -0.05) is 11.6 Å². The maximum absolute atomic E-state index is 12.9. The van der Waals surface area contributed by atoms with Gasteiger partial charge in [0.25, 0.3) is 6.43 Å². The Kier molecular flexibility index (Phi) is 4.12. The van der Waals surface area contributed by atoms with Gasteiger partial charge in [-0.3, -0.25) is 0 Å². The molecule has 0 saturated carbocycles. The first-order chi connectivity index (χ1) is 8.03. The molecule has 102 valence electrons. The number of hydrogen-bond donors (Lipinski definition) is 1. The normalized spacial score (nSPS) is 13.1. The van der Waals surface area contributed by atoms with Crippen molar-refractivity contribution >= 4 is 10.0 Å². The molecule has 1 aromatic rings. The van der Waals surface area contributed by atoms with Crippen LogP contribution in [0.2, 0.25) is 0 Å². The molecule has 0 heterocycles. The molecule has 0 spiro atoms. The van der Waals surface area contributed by atoms with Gasteiger partial charge in [-0.05, 0) is 39.8 Å². The third kappa shape index (κ3) is 3.74. The molecule has 0 amide bonds. The highest BCUT2D eigenvalue weighted by molar-refractivity contribution is 7.89. The second kappa shape index (κ2) is 4.93. The van der Waals surface area contributed by atoms with Gasteiger partial charge in [-0.2, -0.15) is 0 Å². The fourth-order valence-electron chi connectivity index (χ4n) is 1.54. The minimum Gasteiger partial charge on any atom is -0.207 e. The molecule has 0 saturated heterocycles. The average Bonchev–Trinajstić information content (AvgIpc) is 2.12. The van der Waals surface area contributed by atoms with Crippen LogP contribution in [0, 0.1) is 6.92 Å². The largest absolute Gasteiger partial charge is 0.265 e. The highest BCUT2D eigenvalue weighted by atomic mass is 32.2. The quantitative estimate of drug-likeness (QED) is 0.923. The first-order valence-electron chi connectivity index (χ1n) is 5.45. The van der Waals surface area contributed by atoms with E-state index in [0.717, 1.165) is 0 Å². The number of nitrogens with one attached hydrogen (secondary N) is 1. The topological polar surface area (TPSA) is 46.2 Å². The Morgan fingerprint density at radius 3 is 2.22 bits per heavy atom. The van der Waals surface area contributed by atoms with Crippen molar-refractivity contribution < 1.29 is 17.2 Å². The molecule has 0 bridgehead atoms. The molecular formula is C12H17F2NO2S. The molecule has 1 aromatic carbocycles. The first-order valence-corrected chi connectivity index (χ1v) is 6.94. The van der Waals surface area contributed by atoms with E-state index in [1.807, 2.05) is 0 Å². The monoisotopic (exact) mass is 277 g/mol. The lowest BCUT2D eigenvalue weighted by atomic mass is 10.1. The van der Waals surface area contributed by atoms with Crippen LogP contribution >= 0.6 is 0 Å². The molecule has 6 heteroatoms. The lowest BCUT2D eigenvalue weighted by Crippen LogP contribution is -2.40. The summed E-state index contributed by atoms with van der Waals surface area (Å²) in [5.74, 6) is 0. The number of benzene rings is 1. The smallest absolute Gasteiger partial charge is 0.207 e. The van der Waals surface area contributed by atoms with Crippen molar-refractivity contribution in [2.75, 3.05) is 0 Å². The Labute approximate surface area is 106 Å². The van der Waals surface area contributed by atoms with E-state index >= 15 is 0 Å². The molecule has 0 aliphatic heterocycles. The van der Waals surface area contributed by atoms with Crippen molar-refractivity contribution in [3.05, 3.63) is 29.3 Å². The highest BCUT2D eigenvalue weighted by Gasteiger charge is 2.27. The van der Waals surface area contributed by atoms with Gasteiger partial charge < -0.3 is 0 Å². The molecule has 3 nitrogen and oxygen atoms in total. The molecule has 0 aliphatic carbocycles. The molecule has 0 radical (unpaired) electrons. The summed E-state index contributed by atoms with van der Waals surface area (Å²) in [5.41, 5.74) is -0.588. The number of sulfonamides is 1. The third-order valence-corrected chi connectivity index (χ3v) is 3.96. The summed E-state index contributed by atoms with van der Waals surface area (Å²) in [4.78, 5) is -0.363. The Bertz CT molecular complexity index is 533. The van der Waals surface area contributed by atoms with Gasteiger partial charge in [-0.25, -0.2) is 21.9 Å². The second-order valence-electron chi connectivity index (χ2n) is 5.20. The fourth-order valence-corrected chi connectivity index (χ4v) is 3.16. The lowest BCUT2D eigenvalue weighted by Gasteiger charge is -2.21. The van der Waals surface area contributed by atoms with Crippen LogP contribution < -0.4 is 4.72 Å². The number of rotatable bonds is 3. The van der Waals surface area contributed by atoms with E-state index in [1.165, 1.54) is 18.2 Å². The van der Waals surface area contributed by atoms with Gasteiger partial charge in [0.15, 0.2) is 0 Å². The van der Waals surface area contributed by atoms with Crippen LogP contribution in [0.3, 0.4) is 0 Å². The minimum atomic E-state index is -3.94. The SMILES string of the molecule is Cc1ccc(S(=O)(=O)NC(C)(C)C)c(C(F)F)c1. The summed E-state index contributed by atoms with van der Waals surface area (Å²) in [5, 5.41) is 0. The van der Waals surface area contributed by atoms with Gasteiger partial charge >= 0.3 is 0 Å². The van der Waals surface area contributed by atoms with Crippen molar-refractivity contribution in [3.63, 3.8) is 0 Å². The average molecular weight is 277 g/mol. The van der Waals surface area contributed by atoms with Crippen LogP contribution in [0.25, 0.3) is 0 Å². The van der Waals surface area contributed by atoms with E-state index in [0.29, 0.717) is 5.56 Å². The van der Waals surface area contributed by atoms with Crippen LogP contribution in [-0.4, -0.2) is 14.0 Å². The molecule has 0 aromatic heterocycles. The van der Waals surface area contributed by atoms with Crippen LogP contribution in [-0.2, 0) is 10.0 Å². The minimum absolute atomic E-state index is 0.363. The lowest BCUT2D eigenvalue weighted by molar-refractivity contribution is 0.148. The van der Waals surface area contributed by atoms with Gasteiger partial charge in [0.1, 0.15) is 0 Å². The van der Waals surface area contributed by atoms with Gasteiger partial charge in [0, 0.05) is 11.1 Å². The van der Waals surface area contributed by atoms with Crippen LogP contribution in [0.15, 0.2) is 23.1 Å². The number of halogens is 2. The molecular weight excluding hydrogens is 260 g/mol. The van der Waals surface area contributed by atoms with Crippen LogP contribution in [0.1, 0.15) is 38.3 Å². The predicted molar refractivity (Wildman–Crippen MR) is 66.2 cm³/mol. The molecule has 0 aliphatic rings. The zero-order valence-electron chi connectivity index (χ0n) is 10.8. The molecule has 0 atom stereocenters. The van der Waals surface area contributed by atoms with Gasteiger partial charge in [0.2, 0.25) is 10.0 Å². The zero-order valence-corrected chi connectivity index (χ0v) is 11.6. The predicted octanol–water partition coefficient (Wildman–Crippen LogP) is 3.01. The zero-order chi connectivity index (χ0) is 14.1. The number of hydrogen-bond acceptors (Lipinski definition) is 2. The van der Waals surface area contributed by atoms with E-state index in [4.69, 9.17) is 0 Å². The third-order valence-electron chi connectivity index (χ3n) is 2.13. The standard InChI is InChI=1S/C12H17F2NO2S/c1-8-5-6-10(9(7-8)11(13)14)18(16,17)15-12(2,3)4/h5-7,11,15H,1-4H3. The highest BCUT2D eigenvalue weighted by Crippen LogP contribution is 2.28. The summed E-state index contributed by atoms with van der Waals surface area (Å²) < 4.78 is 52.2. The summed E-state index contributed by atoms with van der Waals surface area (Å²) in [6.07, 6.45) is -2.82. The van der Waals surface area contributed by atoms with E-state index in [1.54, 1.807) is 27.7 Å². The van der Waals surface area contributed by atoms with Gasteiger partial charge in [0.05, 0.1) is 4.90 Å². The summed E-state index contributed by atoms with van der Waals surface area (Å²) in [6.45, 7) is 6.60.